The molecule has 3 aromatic heterocycles. The molecule has 4 aromatic rings. The maximum Gasteiger partial charge on any atom is 0.247 e. The number of nitrogens with zero attached hydrogens (tertiary/aromatic N) is 4. The molecule has 4 rings (SSSR count). The molecule has 0 atom stereocenters. The number of nitrogen functional groups attached to an aromatic ring is 1. The average molecular weight is 345 g/mol. The minimum Gasteiger partial charge on any atom is -0.383 e. The van der Waals surface area contributed by atoms with Crippen molar-refractivity contribution >= 4 is 23.1 Å². The number of benzene rings is 1. The maximum atomic E-state index is 5.98. The SMILES string of the molecule is NCCc1c(Nc2nc3cccc(-c4ccccc4)n3n2)ccnc1N. The van der Waals surface area contributed by atoms with Crippen LogP contribution in [-0.2, 0) is 6.42 Å². The van der Waals surface area contributed by atoms with Gasteiger partial charge >= 0.3 is 0 Å². The normalized spacial score (nSPS) is 11.0. The molecule has 0 saturated heterocycles. The summed E-state index contributed by atoms with van der Waals surface area (Å²) in [4.78, 5) is 8.71. The van der Waals surface area contributed by atoms with Crippen LogP contribution in [0.5, 0.6) is 0 Å². The second-order valence-electron chi connectivity index (χ2n) is 5.87. The number of nitrogens with two attached hydrogens (primary N) is 2. The zero-order chi connectivity index (χ0) is 17.9. The highest BCUT2D eigenvalue weighted by Crippen LogP contribution is 2.25. The first kappa shape index (κ1) is 16.0. The fraction of sp³-hybridized carbons (Fsp3) is 0.105. The lowest BCUT2D eigenvalue weighted by Crippen LogP contribution is -2.09. The van der Waals surface area contributed by atoms with E-state index in [1.54, 1.807) is 6.20 Å². The van der Waals surface area contributed by atoms with Crippen LogP contribution in [0.2, 0.25) is 0 Å². The minimum absolute atomic E-state index is 0.467. The van der Waals surface area contributed by atoms with Gasteiger partial charge in [0.1, 0.15) is 5.82 Å². The van der Waals surface area contributed by atoms with Gasteiger partial charge in [-0.3, -0.25) is 0 Å². The number of fused-ring (bicyclic) bond motifs is 1. The van der Waals surface area contributed by atoms with Crippen molar-refractivity contribution < 1.29 is 0 Å². The number of hydrogen-bond acceptors (Lipinski definition) is 6. The molecule has 7 heteroatoms. The van der Waals surface area contributed by atoms with Crippen LogP contribution >= 0.6 is 0 Å². The maximum absolute atomic E-state index is 5.98. The van der Waals surface area contributed by atoms with Gasteiger partial charge in [-0.05, 0) is 31.2 Å². The lowest BCUT2D eigenvalue weighted by Gasteiger charge is -2.10. The van der Waals surface area contributed by atoms with E-state index < -0.39 is 0 Å². The fourth-order valence-electron chi connectivity index (χ4n) is 2.94. The fourth-order valence-corrected chi connectivity index (χ4v) is 2.94. The summed E-state index contributed by atoms with van der Waals surface area (Å²) in [7, 11) is 0. The van der Waals surface area contributed by atoms with E-state index >= 15 is 0 Å². The van der Waals surface area contributed by atoms with Crippen molar-refractivity contribution in [2.24, 2.45) is 5.73 Å². The van der Waals surface area contributed by atoms with Crippen LogP contribution in [-0.4, -0.2) is 26.1 Å². The molecule has 0 bridgehead atoms. The van der Waals surface area contributed by atoms with Crippen molar-refractivity contribution in [3.63, 3.8) is 0 Å². The van der Waals surface area contributed by atoms with E-state index in [2.05, 4.69) is 20.4 Å². The molecule has 0 aliphatic heterocycles. The molecule has 0 saturated carbocycles. The number of rotatable bonds is 5. The van der Waals surface area contributed by atoms with Gasteiger partial charge in [-0.15, -0.1) is 5.10 Å². The first-order valence-corrected chi connectivity index (χ1v) is 8.38. The summed E-state index contributed by atoms with van der Waals surface area (Å²) in [6.45, 7) is 0.487. The molecule has 7 nitrogen and oxygen atoms in total. The molecule has 130 valence electrons. The summed E-state index contributed by atoms with van der Waals surface area (Å²) < 4.78 is 1.82. The largest absolute Gasteiger partial charge is 0.383 e. The van der Waals surface area contributed by atoms with Crippen LogP contribution in [0.3, 0.4) is 0 Å². The predicted octanol–water partition coefficient (Wildman–Crippen LogP) is 2.62. The highest BCUT2D eigenvalue weighted by atomic mass is 15.4. The van der Waals surface area contributed by atoms with E-state index in [0.29, 0.717) is 24.7 Å². The number of hydrogen-bond donors (Lipinski definition) is 3. The van der Waals surface area contributed by atoms with Crippen LogP contribution in [0.25, 0.3) is 16.9 Å². The smallest absolute Gasteiger partial charge is 0.247 e. The monoisotopic (exact) mass is 345 g/mol. The average Bonchev–Trinajstić information content (AvgIpc) is 3.08. The highest BCUT2D eigenvalue weighted by Gasteiger charge is 2.12. The molecule has 0 amide bonds. The molecule has 1 aromatic carbocycles. The summed E-state index contributed by atoms with van der Waals surface area (Å²) in [5, 5.41) is 7.86. The van der Waals surface area contributed by atoms with Crippen molar-refractivity contribution in [1.29, 1.82) is 0 Å². The summed E-state index contributed by atoms with van der Waals surface area (Å²) in [5.74, 6) is 0.964. The third kappa shape index (κ3) is 2.96. The van der Waals surface area contributed by atoms with Crippen molar-refractivity contribution in [2.75, 3.05) is 17.6 Å². The third-order valence-electron chi connectivity index (χ3n) is 4.16. The molecule has 0 aliphatic carbocycles. The van der Waals surface area contributed by atoms with E-state index in [0.717, 1.165) is 28.2 Å². The second-order valence-corrected chi connectivity index (χ2v) is 5.87. The Labute approximate surface area is 150 Å². The molecule has 0 fully saturated rings. The van der Waals surface area contributed by atoms with Crippen molar-refractivity contribution in [2.45, 2.75) is 6.42 Å². The second kappa shape index (κ2) is 6.81. The first-order chi connectivity index (χ1) is 12.8. The Hall–Kier alpha value is -3.45. The van der Waals surface area contributed by atoms with Gasteiger partial charge in [-0.1, -0.05) is 36.4 Å². The van der Waals surface area contributed by atoms with Gasteiger partial charge in [-0.25, -0.2) is 9.50 Å². The van der Waals surface area contributed by atoms with Gasteiger partial charge in [-0.2, -0.15) is 4.98 Å². The lowest BCUT2D eigenvalue weighted by molar-refractivity contribution is 0.957. The Balaban J connectivity index is 1.75. The first-order valence-electron chi connectivity index (χ1n) is 8.38. The predicted molar refractivity (Wildman–Crippen MR) is 103 cm³/mol. The van der Waals surface area contributed by atoms with Gasteiger partial charge in [0, 0.05) is 23.0 Å². The Morgan fingerprint density at radius 1 is 1.00 bits per heavy atom. The van der Waals surface area contributed by atoms with E-state index in [1.165, 1.54) is 0 Å². The van der Waals surface area contributed by atoms with Crippen LogP contribution < -0.4 is 16.8 Å². The van der Waals surface area contributed by atoms with E-state index in [-0.39, 0.29) is 0 Å². The number of pyridine rings is 2. The summed E-state index contributed by atoms with van der Waals surface area (Å²) >= 11 is 0. The highest BCUT2D eigenvalue weighted by molar-refractivity contribution is 5.67. The van der Waals surface area contributed by atoms with Gasteiger partial charge < -0.3 is 16.8 Å². The topological polar surface area (TPSA) is 107 Å². The zero-order valence-electron chi connectivity index (χ0n) is 14.1. The molecule has 0 aliphatic rings. The lowest BCUT2D eigenvalue weighted by atomic mass is 10.1. The molecule has 0 spiro atoms. The van der Waals surface area contributed by atoms with Gasteiger partial charge in [0.25, 0.3) is 0 Å². The molecular formula is C19H19N7. The quantitative estimate of drug-likeness (QED) is 0.513. The van der Waals surface area contributed by atoms with Crippen molar-refractivity contribution in [1.82, 2.24) is 19.6 Å². The van der Waals surface area contributed by atoms with E-state index in [9.17, 15) is 0 Å². The molecule has 26 heavy (non-hydrogen) atoms. The Bertz CT molecular complexity index is 1040. The molecule has 0 unspecified atom stereocenters. The van der Waals surface area contributed by atoms with Crippen molar-refractivity contribution in [3.8, 4) is 11.3 Å². The van der Waals surface area contributed by atoms with Crippen LogP contribution in [0.15, 0.2) is 60.8 Å². The van der Waals surface area contributed by atoms with E-state index in [1.807, 2.05) is 59.1 Å². The Morgan fingerprint density at radius 3 is 2.65 bits per heavy atom. The summed E-state index contributed by atoms with van der Waals surface area (Å²) in [6.07, 6.45) is 2.29. The summed E-state index contributed by atoms with van der Waals surface area (Å²) in [6, 6.07) is 17.9. The van der Waals surface area contributed by atoms with Gasteiger partial charge in [0.15, 0.2) is 5.65 Å². The Kier molecular flexibility index (Phi) is 4.20. The van der Waals surface area contributed by atoms with Gasteiger partial charge in [0.2, 0.25) is 5.95 Å². The molecular weight excluding hydrogens is 326 g/mol. The minimum atomic E-state index is 0.467. The van der Waals surface area contributed by atoms with E-state index in [4.69, 9.17) is 11.5 Å². The number of aromatic nitrogens is 4. The number of nitrogens with one attached hydrogen (secondary N) is 1. The van der Waals surface area contributed by atoms with Crippen molar-refractivity contribution in [3.05, 3.63) is 66.4 Å². The summed E-state index contributed by atoms with van der Waals surface area (Å²) in [5.41, 5.74) is 16.2. The van der Waals surface area contributed by atoms with Crippen LogP contribution in [0.4, 0.5) is 17.5 Å². The molecule has 3 heterocycles. The zero-order valence-corrected chi connectivity index (χ0v) is 14.1. The molecule has 5 N–H and O–H groups in total. The van der Waals surface area contributed by atoms with Crippen LogP contribution in [0.1, 0.15) is 5.56 Å². The Morgan fingerprint density at radius 2 is 1.85 bits per heavy atom. The standard InChI is InChI=1S/C19H19N7/c20-11-9-14-15(10-12-22-18(14)21)23-19-24-17-8-4-7-16(26(17)25-19)13-5-2-1-3-6-13/h1-8,10,12H,9,11,20H2,(H3,21,22,23,25). The third-order valence-corrected chi connectivity index (χ3v) is 4.16. The van der Waals surface area contributed by atoms with Crippen LogP contribution in [0, 0.1) is 0 Å². The molecule has 0 radical (unpaired) electrons. The number of anilines is 3. The van der Waals surface area contributed by atoms with Gasteiger partial charge in [0.05, 0.1) is 5.69 Å².